The molecule has 148 valence electrons. The second kappa shape index (κ2) is 9.46. The van der Waals surface area contributed by atoms with Crippen LogP contribution in [-0.2, 0) is 10.5 Å². The Morgan fingerprint density at radius 3 is 2.56 bits per heavy atom. The monoisotopic (exact) mass is 411 g/mol. The first-order chi connectivity index (χ1) is 12.7. The fourth-order valence-corrected chi connectivity index (χ4v) is 3.10. The van der Waals surface area contributed by atoms with Crippen LogP contribution < -0.4 is 5.32 Å². The molecular formula is C19H26ClN3O3S. The van der Waals surface area contributed by atoms with E-state index in [4.69, 9.17) is 20.8 Å². The molecule has 27 heavy (non-hydrogen) atoms. The van der Waals surface area contributed by atoms with Gasteiger partial charge in [-0.05, 0) is 44.4 Å². The maximum atomic E-state index is 12.2. The highest BCUT2D eigenvalue weighted by atomic mass is 35.5. The molecule has 0 fully saturated rings. The van der Waals surface area contributed by atoms with Gasteiger partial charge in [0.25, 0.3) is 5.22 Å². The summed E-state index contributed by atoms with van der Waals surface area (Å²) in [5.74, 6) is 1.19. The van der Waals surface area contributed by atoms with Crippen molar-refractivity contribution in [2.75, 3.05) is 0 Å². The third-order valence-electron chi connectivity index (χ3n) is 3.85. The third kappa shape index (κ3) is 7.07. The summed E-state index contributed by atoms with van der Waals surface area (Å²) in [6, 6.07) is 7.21. The van der Waals surface area contributed by atoms with Crippen LogP contribution in [0, 0.1) is 5.92 Å². The minimum atomic E-state index is -0.571. The quantitative estimate of drug-likeness (QED) is 0.595. The van der Waals surface area contributed by atoms with E-state index in [-0.39, 0.29) is 5.92 Å². The van der Waals surface area contributed by atoms with Crippen LogP contribution in [0.25, 0.3) is 0 Å². The van der Waals surface area contributed by atoms with Gasteiger partial charge in [-0.2, -0.15) is 0 Å². The van der Waals surface area contributed by atoms with Crippen LogP contribution in [-0.4, -0.2) is 21.9 Å². The van der Waals surface area contributed by atoms with Gasteiger partial charge < -0.3 is 14.5 Å². The van der Waals surface area contributed by atoms with Gasteiger partial charge in [0.15, 0.2) is 0 Å². The highest BCUT2D eigenvalue weighted by Crippen LogP contribution is 2.28. The molecule has 0 aliphatic carbocycles. The van der Waals surface area contributed by atoms with Crippen LogP contribution in [0.4, 0.5) is 4.79 Å². The maximum absolute atomic E-state index is 12.2. The van der Waals surface area contributed by atoms with Crippen LogP contribution in [0.1, 0.15) is 58.5 Å². The summed E-state index contributed by atoms with van der Waals surface area (Å²) < 4.78 is 11.1. The van der Waals surface area contributed by atoms with E-state index in [0.717, 1.165) is 12.0 Å². The van der Waals surface area contributed by atoms with E-state index in [1.165, 1.54) is 11.8 Å². The number of hydrogen-bond acceptors (Lipinski definition) is 6. The number of rotatable bonds is 7. The number of amides is 1. The van der Waals surface area contributed by atoms with Gasteiger partial charge in [-0.3, -0.25) is 0 Å². The molecule has 1 aromatic carbocycles. The average Bonchev–Trinajstić information content (AvgIpc) is 3.05. The molecule has 2 rings (SSSR count). The summed E-state index contributed by atoms with van der Waals surface area (Å²) in [5.41, 5.74) is 0.535. The van der Waals surface area contributed by atoms with Crippen molar-refractivity contribution in [2.45, 2.75) is 63.7 Å². The number of ether oxygens (including phenoxy) is 1. The van der Waals surface area contributed by atoms with Gasteiger partial charge in [0, 0.05) is 10.8 Å². The summed E-state index contributed by atoms with van der Waals surface area (Å²) in [6.07, 6.45) is 0.345. The Kier molecular flexibility index (Phi) is 7.56. The highest BCUT2D eigenvalue weighted by molar-refractivity contribution is 7.98. The van der Waals surface area contributed by atoms with Gasteiger partial charge in [0.05, 0.1) is 0 Å². The van der Waals surface area contributed by atoms with E-state index in [2.05, 4.69) is 15.5 Å². The first-order valence-electron chi connectivity index (χ1n) is 8.88. The summed E-state index contributed by atoms with van der Waals surface area (Å²) in [5, 5.41) is 12.2. The predicted molar refractivity (Wildman–Crippen MR) is 107 cm³/mol. The molecule has 0 saturated heterocycles. The van der Waals surface area contributed by atoms with E-state index in [9.17, 15) is 4.79 Å². The lowest BCUT2D eigenvalue weighted by molar-refractivity contribution is 0.0474. The molecule has 0 aliphatic heterocycles. The Bertz CT molecular complexity index is 743. The molecule has 0 bridgehead atoms. The Morgan fingerprint density at radius 1 is 1.30 bits per heavy atom. The number of alkyl carbamates (subject to hydrolysis) is 1. The summed E-state index contributed by atoms with van der Waals surface area (Å²) in [6.45, 7) is 9.53. The van der Waals surface area contributed by atoms with E-state index < -0.39 is 17.7 Å². The van der Waals surface area contributed by atoms with Gasteiger partial charge in [-0.25, -0.2) is 4.79 Å². The second-order valence-corrected chi connectivity index (χ2v) is 8.69. The average molecular weight is 412 g/mol. The lowest BCUT2D eigenvalue weighted by Crippen LogP contribution is -2.37. The van der Waals surface area contributed by atoms with Crippen LogP contribution in [0.5, 0.6) is 0 Å². The summed E-state index contributed by atoms with van der Waals surface area (Å²) in [4.78, 5) is 12.2. The van der Waals surface area contributed by atoms with Gasteiger partial charge >= 0.3 is 6.09 Å². The zero-order valence-electron chi connectivity index (χ0n) is 16.3. The Morgan fingerprint density at radius 2 is 1.96 bits per heavy atom. The lowest BCUT2D eigenvalue weighted by Gasteiger charge is -2.24. The molecule has 0 saturated carbocycles. The second-order valence-electron chi connectivity index (χ2n) is 7.33. The molecule has 0 aliphatic rings. The van der Waals surface area contributed by atoms with Crippen molar-refractivity contribution in [3.05, 3.63) is 40.7 Å². The van der Waals surface area contributed by atoms with Crippen LogP contribution in [0.3, 0.4) is 0 Å². The molecule has 8 heteroatoms. The molecule has 0 radical (unpaired) electrons. The van der Waals surface area contributed by atoms with Crippen molar-refractivity contribution in [3.63, 3.8) is 0 Å². The van der Waals surface area contributed by atoms with Crippen molar-refractivity contribution >= 4 is 29.5 Å². The number of hydrogen-bond donors (Lipinski definition) is 1. The lowest BCUT2D eigenvalue weighted by atomic mass is 9.99. The smallest absolute Gasteiger partial charge is 0.408 e. The molecule has 2 aromatic rings. The van der Waals surface area contributed by atoms with E-state index in [1.54, 1.807) is 0 Å². The molecule has 2 atom stereocenters. The van der Waals surface area contributed by atoms with Crippen LogP contribution in [0.15, 0.2) is 33.9 Å². The van der Waals surface area contributed by atoms with E-state index in [1.807, 2.05) is 58.9 Å². The number of carbonyl (C=O) groups is 1. The number of benzene rings is 1. The summed E-state index contributed by atoms with van der Waals surface area (Å²) >= 11 is 7.34. The Balaban J connectivity index is 2.04. The van der Waals surface area contributed by atoms with Gasteiger partial charge in [0.1, 0.15) is 11.6 Å². The minimum absolute atomic E-state index is 0.118. The number of nitrogens with zero attached hydrogens (tertiary/aromatic N) is 2. The normalized spacial score (nSPS) is 13.9. The van der Waals surface area contributed by atoms with Crippen LogP contribution >= 0.6 is 23.4 Å². The van der Waals surface area contributed by atoms with Crippen molar-refractivity contribution in [3.8, 4) is 0 Å². The SMILES string of the molecule is CC[C@H](C)[C@H](NC(=O)OC(C)(C)C)c1nnc(SCc2ccc(Cl)cc2)o1. The minimum Gasteiger partial charge on any atom is -0.444 e. The molecule has 1 N–H and O–H groups in total. The number of aromatic nitrogens is 2. The molecule has 1 amide bonds. The number of nitrogens with one attached hydrogen (secondary N) is 1. The van der Waals surface area contributed by atoms with Gasteiger partial charge in [-0.1, -0.05) is 55.8 Å². The highest BCUT2D eigenvalue weighted by Gasteiger charge is 2.28. The van der Waals surface area contributed by atoms with E-state index >= 15 is 0 Å². The Labute approximate surface area is 169 Å². The fraction of sp³-hybridized carbons (Fsp3) is 0.526. The molecule has 0 unspecified atom stereocenters. The molecule has 1 aromatic heterocycles. The molecule has 0 spiro atoms. The number of halogens is 1. The molecular weight excluding hydrogens is 386 g/mol. The van der Waals surface area contributed by atoms with Gasteiger partial charge in [-0.15, -0.1) is 10.2 Å². The first kappa shape index (κ1) is 21.6. The largest absolute Gasteiger partial charge is 0.444 e. The molecule has 1 heterocycles. The fourth-order valence-electron chi connectivity index (χ4n) is 2.25. The van der Waals surface area contributed by atoms with E-state index in [0.29, 0.717) is 21.9 Å². The third-order valence-corrected chi connectivity index (χ3v) is 4.99. The van der Waals surface area contributed by atoms with Crippen molar-refractivity contribution in [1.82, 2.24) is 15.5 Å². The molecule has 6 nitrogen and oxygen atoms in total. The van der Waals surface area contributed by atoms with Crippen molar-refractivity contribution < 1.29 is 13.9 Å². The standard InChI is InChI=1S/C19H26ClN3O3S/c1-6-12(2)15(21-17(24)26-19(3,4)5)16-22-23-18(25-16)27-11-13-7-9-14(20)10-8-13/h7-10,12,15H,6,11H2,1-5H3,(H,21,24)/t12-,15-/m0/s1. The van der Waals surface area contributed by atoms with Crippen molar-refractivity contribution in [2.24, 2.45) is 5.92 Å². The zero-order chi connectivity index (χ0) is 20.0. The topological polar surface area (TPSA) is 77.2 Å². The Hall–Kier alpha value is -1.73. The number of carbonyl (C=O) groups excluding carboxylic acids is 1. The summed E-state index contributed by atoms with van der Waals surface area (Å²) in [7, 11) is 0. The predicted octanol–water partition coefficient (Wildman–Crippen LogP) is 5.63. The zero-order valence-corrected chi connectivity index (χ0v) is 17.9. The van der Waals surface area contributed by atoms with Crippen LogP contribution in [0.2, 0.25) is 5.02 Å². The van der Waals surface area contributed by atoms with Crippen molar-refractivity contribution in [1.29, 1.82) is 0 Å². The number of thioether (sulfide) groups is 1. The maximum Gasteiger partial charge on any atom is 0.408 e. The van der Waals surface area contributed by atoms with Gasteiger partial charge in [0.2, 0.25) is 5.89 Å². The first-order valence-corrected chi connectivity index (χ1v) is 10.2.